The van der Waals surface area contributed by atoms with Crippen LogP contribution in [0.5, 0.6) is 0 Å². The Hall–Kier alpha value is -1.45. The molecule has 0 aliphatic heterocycles. The molecule has 1 aromatic rings. The molecule has 1 N–H and O–H groups in total. The lowest BCUT2D eigenvalue weighted by Crippen LogP contribution is -2.38. The Bertz CT molecular complexity index is 306. The van der Waals surface area contributed by atoms with Crippen LogP contribution in [0, 0.1) is 0 Å². The third-order valence-electron chi connectivity index (χ3n) is 1.70. The van der Waals surface area contributed by atoms with E-state index in [2.05, 4.69) is 10.3 Å². The van der Waals surface area contributed by atoms with Gasteiger partial charge in [0.15, 0.2) is 5.67 Å². The van der Waals surface area contributed by atoms with Crippen molar-refractivity contribution in [2.24, 2.45) is 0 Å². The van der Waals surface area contributed by atoms with Crippen molar-refractivity contribution >= 4 is 5.91 Å². The second-order valence-electron chi connectivity index (χ2n) is 3.48. The summed E-state index contributed by atoms with van der Waals surface area (Å²) in [6, 6.07) is 5.37. The number of aromatic nitrogens is 1. The van der Waals surface area contributed by atoms with Gasteiger partial charge in [0, 0.05) is 6.20 Å². The largest absolute Gasteiger partial charge is 0.348 e. The Morgan fingerprint density at radius 3 is 2.79 bits per heavy atom. The third-order valence-corrected chi connectivity index (χ3v) is 1.70. The van der Waals surface area contributed by atoms with E-state index in [1.165, 1.54) is 13.8 Å². The number of nitrogens with one attached hydrogen (secondary N) is 1. The van der Waals surface area contributed by atoms with Crippen LogP contribution in [0.15, 0.2) is 24.4 Å². The van der Waals surface area contributed by atoms with Gasteiger partial charge in [-0.1, -0.05) is 6.07 Å². The standard InChI is InChI=1S/C10H13FN2O/c1-10(2,11)9(14)13-7-8-5-3-4-6-12-8/h3-6H,7H2,1-2H3,(H,13,14). The van der Waals surface area contributed by atoms with Gasteiger partial charge in [0.2, 0.25) is 0 Å². The number of carbonyl (C=O) groups excluding carboxylic acids is 1. The quantitative estimate of drug-likeness (QED) is 0.794. The van der Waals surface area contributed by atoms with Crippen LogP contribution in [0.1, 0.15) is 19.5 Å². The summed E-state index contributed by atoms with van der Waals surface area (Å²) in [6.07, 6.45) is 1.63. The van der Waals surface area contributed by atoms with Crippen LogP contribution < -0.4 is 5.32 Å². The first kappa shape index (κ1) is 10.6. The molecule has 14 heavy (non-hydrogen) atoms. The minimum atomic E-state index is -1.84. The second kappa shape index (κ2) is 4.17. The molecule has 1 heterocycles. The van der Waals surface area contributed by atoms with E-state index in [0.29, 0.717) is 5.69 Å². The van der Waals surface area contributed by atoms with Gasteiger partial charge in [-0.2, -0.15) is 0 Å². The molecule has 0 bridgehead atoms. The highest BCUT2D eigenvalue weighted by Gasteiger charge is 2.25. The van der Waals surface area contributed by atoms with Gasteiger partial charge in [0.1, 0.15) is 0 Å². The Labute approximate surface area is 82.4 Å². The molecule has 0 saturated carbocycles. The number of amides is 1. The van der Waals surface area contributed by atoms with E-state index in [4.69, 9.17) is 0 Å². The van der Waals surface area contributed by atoms with Gasteiger partial charge in [-0.3, -0.25) is 9.78 Å². The van der Waals surface area contributed by atoms with E-state index >= 15 is 0 Å². The molecule has 1 aromatic heterocycles. The van der Waals surface area contributed by atoms with Crippen LogP contribution in [0.25, 0.3) is 0 Å². The number of hydrogen-bond donors (Lipinski definition) is 1. The summed E-state index contributed by atoms with van der Waals surface area (Å²) in [6.45, 7) is 2.70. The van der Waals surface area contributed by atoms with Crippen molar-refractivity contribution in [3.63, 3.8) is 0 Å². The Morgan fingerprint density at radius 1 is 1.57 bits per heavy atom. The molecule has 0 saturated heterocycles. The number of halogens is 1. The predicted molar refractivity (Wildman–Crippen MR) is 51.3 cm³/mol. The number of hydrogen-bond acceptors (Lipinski definition) is 2. The van der Waals surface area contributed by atoms with Crippen LogP contribution >= 0.6 is 0 Å². The highest BCUT2D eigenvalue weighted by Crippen LogP contribution is 2.07. The first-order valence-electron chi connectivity index (χ1n) is 4.37. The molecule has 1 rings (SSSR count). The summed E-state index contributed by atoms with van der Waals surface area (Å²) >= 11 is 0. The maximum Gasteiger partial charge on any atom is 0.257 e. The van der Waals surface area contributed by atoms with Crippen molar-refractivity contribution in [1.29, 1.82) is 0 Å². The number of pyridine rings is 1. The summed E-state index contributed by atoms with van der Waals surface area (Å²) in [5.41, 5.74) is -1.13. The molecule has 1 amide bonds. The molecule has 0 atom stereocenters. The van der Waals surface area contributed by atoms with Crippen molar-refractivity contribution < 1.29 is 9.18 Å². The number of nitrogens with zero attached hydrogens (tertiary/aromatic N) is 1. The van der Waals surface area contributed by atoms with Gasteiger partial charge >= 0.3 is 0 Å². The van der Waals surface area contributed by atoms with E-state index in [-0.39, 0.29) is 6.54 Å². The van der Waals surface area contributed by atoms with E-state index < -0.39 is 11.6 Å². The lowest BCUT2D eigenvalue weighted by molar-refractivity contribution is -0.130. The second-order valence-corrected chi connectivity index (χ2v) is 3.48. The fourth-order valence-electron chi connectivity index (χ4n) is 0.884. The Balaban J connectivity index is 2.46. The van der Waals surface area contributed by atoms with Crippen LogP contribution in [0.2, 0.25) is 0 Å². The molecule has 0 aliphatic carbocycles. The van der Waals surface area contributed by atoms with Crippen molar-refractivity contribution in [1.82, 2.24) is 10.3 Å². The SMILES string of the molecule is CC(C)(F)C(=O)NCc1ccccn1. The average Bonchev–Trinajstić information content (AvgIpc) is 2.14. The normalized spacial score (nSPS) is 11.1. The smallest absolute Gasteiger partial charge is 0.257 e. The van der Waals surface area contributed by atoms with Gasteiger partial charge in [0.25, 0.3) is 5.91 Å². The van der Waals surface area contributed by atoms with Crippen molar-refractivity contribution in [3.05, 3.63) is 30.1 Å². The van der Waals surface area contributed by atoms with Gasteiger partial charge in [-0.25, -0.2) is 4.39 Å². The molecular weight excluding hydrogens is 183 g/mol. The molecule has 76 valence electrons. The molecule has 0 aromatic carbocycles. The maximum absolute atomic E-state index is 13.1. The maximum atomic E-state index is 13.1. The number of carbonyl (C=O) groups is 1. The summed E-state index contributed by atoms with van der Waals surface area (Å²) in [7, 11) is 0. The minimum absolute atomic E-state index is 0.257. The predicted octanol–water partition coefficient (Wildman–Crippen LogP) is 1.45. The highest BCUT2D eigenvalue weighted by atomic mass is 19.1. The first-order chi connectivity index (χ1) is 6.50. The minimum Gasteiger partial charge on any atom is -0.348 e. The Kier molecular flexibility index (Phi) is 3.17. The van der Waals surface area contributed by atoms with Crippen LogP contribution in [-0.2, 0) is 11.3 Å². The lowest BCUT2D eigenvalue weighted by Gasteiger charge is -2.13. The zero-order valence-electron chi connectivity index (χ0n) is 8.25. The van der Waals surface area contributed by atoms with Gasteiger partial charge in [-0.05, 0) is 26.0 Å². The highest BCUT2D eigenvalue weighted by molar-refractivity contribution is 5.83. The van der Waals surface area contributed by atoms with Crippen LogP contribution in [0.3, 0.4) is 0 Å². The number of rotatable bonds is 3. The third kappa shape index (κ3) is 3.12. The molecule has 0 radical (unpaired) electrons. The number of alkyl halides is 1. The van der Waals surface area contributed by atoms with E-state index in [1.807, 2.05) is 6.07 Å². The van der Waals surface area contributed by atoms with E-state index in [1.54, 1.807) is 18.3 Å². The monoisotopic (exact) mass is 196 g/mol. The summed E-state index contributed by atoms with van der Waals surface area (Å²) < 4.78 is 13.1. The van der Waals surface area contributed by atoms with Crippen LogP contribution in [0.4, 0.5) is 4.39 Å². The van der Waals surface area contributed by atoms with Gasteiger partial charge in [0.05, 0.1) is 12.2 Å². The van der Waals surface area contributed by atoms with Crippen molar-refractivity contribution in [3.8, 4) is 0 Å². The average molecular weight is 196 g/mol. The molecule has 0 unspecified atom stereocenters. The molecule has 0 spiro atoms. The lowest BCUT2D eigenvalue weighted by atomic mass is 10.1. The zero-order chi connectivity index (χ0) is 10.6. The van der Waals surface area contributed by atoms with Crippen LogP contribution in [-0.4, -0.2) is 16.6 Å². The van der Waals surface area contributed by atoms with Gasteiger partial charge in [-0.15, -0.1) is 0 Å². The first-order valence-corrected chi connectivity index (χ1v) is 4.37. The summed E-state index contributed by atoms with van der Waals surface area (Å²) in [4.78, 5) is 15.1. The zero-order valence-corrected chi connectivity index (χ0v) is 8.25. The Morgan fingerprint density at radius 2 is 2.29 bits per heavy atom. The van der Waals surface area contributed by atoms with E-state index in [0.717, 1.165) is 0 Å². The molecule has 4 heteroatoms. The molecule has 3 nitrogen and oxygen atoms in total. The summed E-state index contributed by atoms with van der Waals surface area (Å²) in [5, 5.41) is 2.46. The fraction of sp³-hybridized carbons (Fsp3) is 0.400. The van der Waals surface area contributed by atoms with E-state index in [9.17, 15) is 9.18 Å². The van der Waals surface area contributed by atoms with Crippen molar-refractivity contribution in [2.45, 2.75) is 26.1 Å². The molecule has 0 aliphatic rings. The molecule has 0 fully saturated rings. The fourth-order valence-corrected chi connectivity index (χ4v) is 0.884. The van der Waals surface area contributed by atoms with Gasteiger partial charge < -0.3 is 5.32 Å². The summed E-state index contributed by atoms with van der Waals surface area (Å²) in [5.74, 6) is -0.622. The topological polar surface area (TPSA) is 42.0 Å². The van der Waals surface area contributed by atoms with Crippen molar-refractivity contribution in [2.75, 3.05) is 0 Å². The molecular formula is C10H13FN2O.